The summed E-state index contributed by atoms with van der Waals surface area (Å²) in [4.78, 5) is 23.0. The van der Waals surface area contributed by atoms with Gasteiger partial charge in [0.2, 0.25) is 12.7 Å². The van der Waals surface area contributed by atoms with Crippen molar-refractivity contribution in [2.45, 2.75) is 19.4 Å². The summed E-state index contributed by atoms with van der Waals surface area (Å²) in [5.41, 5.74) is 2.56. The van der Waals surface area contributed by atoms with Crippen LogP contribution in [0.15, 0.2) is 42.7 Å². The first-order chi connectivity index (χ1) is 17.1. The minimum atomic E-state index is -0.745. The van der Waals surface area contributed by atoms with E-state index in [1.165, 1.54) is 6.33 Å². The van der Waals surface area contributed by atoms with Crippen LogP contribution in [0.4, 0.5) is 11.8 Å². The van der Waals surface area contributed by atoms with Crippen molar-refractivity contribution in [1.82, 2.24) is 30.2 Å². The Labute approximate surface area is 199 Å². The number of nitrogens with zero attached hydrogens (tertiary/aromatic N) is 7. The van der Waals surface area contributed by atoms with Crippen LogP contribution < -0.4 is 19.7 Å². The molecule has 2 aliphatic rings. The summed E-state index contributed by atoms with van der Waals surface area (Å²) in [6.07, 6.45) is 2.66. The Morgan fingerprint density at radius 2 is 1.94 bits per heavy atom. The van der Waals surface area contributed by atoms with E-state index in [-0.39, 0.29) is 12.7 Å². The number of aliphatic carboxylic acids is 1. The number of fused-ring (bicyclic) bond motifs is 2. The fourth-order valence-electron chi connectivity index (χ4n) is 4.37. The molecule has 12 heteroatoms. The van der Waals surface area contributed by atoms with Gasteiger partial charge in [-0.25, -0.2) is 9.67 Å². The van der Waals surface area contributed by atoms with Gasteiger partial charge in [0, 0.05) is 25.0 Å². The molecule has 2 N–H and O–H groups in total. The second-order valence-corrected chi connectivity index (χ2v) is 8.47. The van der Waals surface area contributed by atoms with Crippen LogP contribution >= 0.6 is 0 Å². The van der Waals surface area contributed by atoms with E-state index in [0.717, 1.165) is 33.7 Å². The summed E-state index contributed by atoms with van der Waals surface area (Å²) in [6.45, 7) is 1.92. The quantitative estimate of drug-likeness (QED) is 0.425. The second-order valence-electron chi connectivity index (χ2n) is 8.47. The standard InChI is InChI=1S/C23H22N8O4/c32-22(33)15-5-7-30(8-6-15)23-26-18-3-2-16(31-12-25-28-29-31)10-17(18)21(27-23)24-11-14-1-4-19-20(9-14)35-13-34-19/h1-4,9-10,12,15H,5-8,11,13H2,(H,32,33)(H,24,26,27). The van der Waals surface area contributed by atoms with Crippen LogP contribution in [0.2, 0.25) is 0 Å². The molecular weight excluding hydrogens is 452 g/mol. The summed E-state index contributed by atoms with van der Waals surface area (Å²) in [7, 11) is 0. The molecule has 4 aromatic rings. The van der Waals surface area contributed by atoms with Gasteiger partial charge < -0.3 is 24.8 Å². The van der Waals surface area contributed by atoms with E-state index in [4.69, 9.17) is 19.4 Å². The lowest BCUT2D eigenvalue weighted by molar-refractivity contribution is -0.142. The predicted molar refractivity (Wildman–Crippen MR) is 125 cm³/mol. The molecule has 0 radical (unpaired) electrons. The third-order valence-corrected chi connectivity index (χ3v) is 6.31. The van der Waals surface area contributed by atoms with Gasteiger partial charge in [-0.1, -0.05) is 6.07 Å². The van der Waals surface area contributed by atoms with Gasteiger partial charge in [0.05, 0.1) is 17.1 Å². The maximum Gasteiger partial charge on any atom is 0.306 e. The van der Waals surface area contributed by atoms with Crippen LogP contribution in [0.3, 0.4) is 0 Å². The first-order valence-electron chi connectivity index (χ1n) is 11.3. The molecule has 2 aliphatic heterocycles. The lowest BCUT2D eigenvalue weighted by atomic mass is 9.97. The largest absolute Gasteiger partial charge is 0.481 e. The lowest BCUT2D eigenvalue weighted by Crippen LogP contribution is -2.37. The Morgan fingerprint density at radius 1 is 1.09 bits per heavy atom. The molecule has 0 bridgehead atoms. The Kier molecular flexibility index (Phi) is 5.24. The zero-order valence-electron chi connectivity index (χ0n) is 18.7. The van der Waals surface area contributed by atoms with Gasteiger partial charge in [-0.15, -0.1) is 5.10 Å². The third kappa shape index (κ3) is 4.14. The van der Waals surface area contributed by atoms with E-state index >= 15 is 0 Å². The molecule has 0 amide bonds. The zero-order valence-corrected chi connectivity index (χ0v) is 18.7. The van der Waals surface area contributed by atoms with E-state index in [2.05, 4.69) is 20.8 Å². The van der Waals surface area contributed by atoms with E-state index in [1.807, 2.05) is 41.3 Å². The average molecular weight is 474 g/mol. The van der Waals surface area contributed by atoms with Gasteiger partial charge >= 0.3 is 5.97 Å². The lowest BCUT2D eigenvalue weighted by Gasteiger charge is -2.30. The molecule has 6 rings (SSSR count). The monoisotopic (exact) mass is 474 g/mol. The van der Waals surface area contributed by atoms with Crippen molar-refractivity contribution in [2.75, 3.05) is 30.1 Å². The molecule has 0 aliphatic carbocycles. The number of tetrazole rings is 1. The van der Waals surface area contributed by atoms with E-state index in [0.29, 0.717) is 44.2 Å². The number of benzene rings is 2. The van der Waals surface area contributed by atoms with Crippen molar-refractivity contribution in [1.29, 1.82) is 0 Å². The summed E-state index contributed by atoms with van der Waals surface area (Å²) >= 11 is 0. The van der Waals surface area contributed by atoms with Crippen molar-refractivity contribution in [2.24, 2.45) is 5.92 Å². The van der Waals surface area contributed by atoms with Crippen LogP contribution in [0.5, 0.6) is 11.5 Å². The maximum absolute atomic E-state index is 11.4. The number of nitrogens with one attached hydrogen (secondary N) is 1. The summed E-state index contributed by atoms with van der Waals surface area (Å²) in [5.74, 6) is 1.63. The fraction of sp³-hybridized carbons (Fsp3) is 0.304. The van der Waals surface area contributed by atoms with Gasteiger partial charge in [0.1, 0.15) is 12.1 Å². The molecule has 35 heavy (non-hydrogen) atoms. The summed E-state index contributed by atoms with van der Waals surface area (Å²) < 4.78 is 12.5. The number of ether oxygens (including phenoxy) is 2. The molecule has 1 saturated heterocycles. The van der Waals surface area contributed by atoms with Crippen LogP contribution in [0.1, 0.15) is 18.4 Å². The van der Waals surface area contributed by atoms with Crippen molar-refractivity contribution in [3.63, 3.8) is 0 Å². The Bertz CT molecular complexity index is 1390. The van der Waals surface area contributed by atoms with E-state index < -0.39 is 5.97 Å². The second kappa shape index (κ2) is 8.70. The molecule has 2 aromatic carbocycles. The first-order valence-corrected chi connectivity index (χ1v) is 11.3. The van der Waals surface area contributed by atoms with Crippen molar-refractivity contribution in [3.05, 3.63) is 48.3 Å². The topological polar surface area (TPSA) is 140 Å². The van der Waals surface area contributed by atoms with Crippen LogP contribution in [-0.4, -0.2) is 61.1 Å². The highest BCUT2D eigenvalue weighted by molar-refractivity contribution is 5.91. The SMILES string of the molecule is O=C(O)C1CCN(c2nc(NCc3ccc4c(c3)OCO4)c3cc(-n4cnnn4)ccc3n2)CC1. The molecule has 12 nitrogen and oxygen atoms in total. The number of hydrogen-bond donors (Lipinski definition) is 2. The van der Waals surface area contributed by atoms with Crippen molar-refractivity contribution < 1.29 is 19.4 Å². The number of rotatable bonds is 6. The molecule has 0 atom stereocenters. The van der Waals surface area contributed by atoms with E-state index in [1.54, 1.807) is 4.68 Å². The van der Waals surface area contributed by atoms with Gasteiger partial charge in [-0.3, -0.25) is 4.79 Å². The molecule has 0 spiro atoms. The zero-order chi connectivity index (χ0) is 23.8. The summed E-state index contributed by atoms with van der Waals surface area (Å²) in [5, 5.41) is 25.0. The third-order valence-electron chi connectivity index (χ3n) is 6.31. The summed E-state index contributed by atoms with van der Waals surface area (Å²) in [6, 6.07) is 11.6. The number of anilines is 2. The Hall–Kier alpha value is -4.48. The fourth-order valence-corrected chi connectivity index (χ4v) is 4.37. The Balaban J connectivity index is 1.33. The van der Waals surface area contributed by atoms with Gasteiger partial charge in [-0.2, -0.15) is 4.98 Å². The predicted octanol–water partition coefficient (Wildman–Crippen LogP) is 2.25. The van der Waals surface area contributed by atoms with E-state index in [9.17, 15) is 9.90 Å². The molecule has 178 valence electrons. The number of piperidine rings is 1. The number of carboxylic acids is 1. The molecule has 0 unspecified atom stereocenters. The first kappa shape index (κ1) is 21.1. The molecule has 0 saturated carbocycles. The number of carbonyl (C=O) groups is 1. The Morgan fingerprint density at radius 3 is 2.74 bits per heavy atom. The van der Waals surface area contributed by atoms with Crippen LogP contribution in [0, 0.1) is 5.92 Å². The number of carboxylic acid groups (broad SMARTS) is 1. The molecule has 2 aromatic heterocycles. The van der Waals surface area contributed by atoms with Gasteiger partial charge in [0.25, 0.3) is 0 Å². The highest BCUT2D eigenvalue weighted by Crippen LogP contribution is 2.33. The minimum Gasteiger partial charge on any atom is -0.481 e. The normalized spacial score (nSPS) is 15.5. The van der Waals surface area contributed by atoms with Gasteiger partial charge in [-0.05, 0) is 59.2 Å². The highest BCUT2D eigenvalue weighted by atomic mass is 16.7. The maximum atomic E-state index is 11.4. The van der Waals surface area contributed by atoms with Crippen LogP contribution in [-0.2, 0) is 11.3 Å². The molecule has 4 heterocycles. The van der Waals surface area contributed by atoms with Gasteiger partial charge in [0.15, 0.2) is 11.5 Å². The van der Waals surface area contributed by atoms with Crippen molar-refractivity contribution in [3.8, 4) is 17.2 Å². The highest BCUT2D eigenvalue weighted by Gasteiger charge is 2.26. The average Bonchev–Trinajstić information content (AvgIpc) is 3.59. The molecular formula is C23H22N8O4. The number of hydrogen-bond acceptors (Lipinski definition) is 10. The van der Waals surface area contributed by atoms with Crippen LogP contribution in [0.25, 0.3) is 16.6 Å². The van der Waals surface area contributed by atoms with Crippen molar-refractivity contribution >= 4 is 28.6 Å². The molecule has 1 fully saturated rings. The minimum absolute atomic E-state index is 0.227. The smallest absolute Gasteiger partial charge is 0.306 e. The number of aromatic nitrogens is 6.